The van der Waals surface area contributed by atoms with E-state index < -0.39 is 0 Å². The molecule has 9 heteroatoms. The van der Waals surface area contributed by atoms with E-state index in [1.54, 1.807) is 19.0 Å². The molecule has 3 aromatic heterocycles. The third kappa shape index (κ3) is 3.82. The molecule has 1 atom stereocenters. The zero-order valence-corrected chi connectivity index (χ0v) is 20.4. The average molecular weight is 481 g/mol. The number of fused-ring (bicyclic) bond motifs is 2. The number of amides is 2. The zero-order chi connectivity index (χ0) is 24.8. The first-order valence-corrected chi connectivity index (χ1v) is 12.1. The van der Waals surface area contributed by atoms with Crippen molar-refractivity contribution >= 4 is 28.3 Å². The van der Waals surface area contributed by atoms with E-state index >= 15 is 0 Å². The molecule has 2 aromatic carbocycles. The number of nitrogens with zero attached hydrogens (tertiary/aromatic N) is 7. The molecular formula is C27H28N8O. The van der Waals surface area contributed by atoms with Crippen LogP contribution in [0.15, 0.2) is 67.1 Å². The van der Waals surface area contributed by atoms with Crippen molar-refractivity contribution in [2.24, 2.45) is 0 Å². The summed E-state index contributed by atoms with van der Waals surface area (Å²) in [6.07, 6.45) is 4.43. The lowest BCUT2D eigenvalue weighted by Crippen LogP contribution is -2.37. The van der Waals surface area contributed by atoms with Crippen molar-refractivity contribution in [3.63, 3.8) is 0 Å². The Morgan fingerprint density at radius 2 is 1.97 bits per heavy atom. The molecule has 2 N–H and O–H groups in total. The molecule has 1 unspecified atom stereocenters. The molecule has 0 spiro atoms. The molecule has 0 radical (unpaired) electrons. The SMILES string of the molecule is CN(C)C(=O)N1CCC(c2cc(-c3ccc4cn(Cc5ccccc5)nc4c3)c3c(N)ncnn23)C1. The van der Waals surface area contributed by atoms with E-state index in [-0.39, 0.29) is 11.9 Å². The van der Waals surface area contributed by atoms with Crippen LogP contribution in [0.3, 0.4) is 0 Å². The van der Waals surface area contributed by atoms with E-state index in [1.807, 2.05) is 32.3 Å². The van der Waals surface area contributed by atoms with Crippen LogP contribution < -0.4 is 5.73 Å². The first-order valence-electron chi connectivity index (χ1n) is 12.1. The Kier molecular flexibility index (Phi) is 5.32. The normalized spacial score (nSPS) is 15.7. The van der Waals surface area contributed by atoms with Crippen molar-refractivity contribution < 1.29 is 4.79 Å². The van der Waals surface area contributed by atoms with Gasteiger partial charge in [0.2, 0.25) is 0 Å². The van der Waals surface area contributed by atoms with E-state index in [1.165, 1.54) is 11.9 Å². The number of nitrogens with two attached hydrogens (primary N) is 1. The fourth-order valence-electron chi connectivity index (χ4n) is 5.15. The standard InChI is InChI=1S/C27H28N8O/c1-32(2)27(36)33-11-10-21(15-33)24-13-22(25-26(28)29-17-30-35(24)25)19-8-9-20-16-34(31-23(20)12-19)14-18-6-4-3-5-7-18/h3-9,12-13,16-17,21H,10-11,14-15H2,1-2H3,(H2,28,29,30). The van der Waals surface area contributed by atoms with Crippen LogP contribution in [-0.2, 0) is 6.54 Å². The minimum Gasteiger partial charge on any atom is -0.382 e. The number of aromatic nitrogens is 5. The Morgan fingerprint density at radius 3 is 2.78 bits per heavy atom. The molecule has 5 aromatic rings. The van der Waals surface area contributed by atoms with Gasteiger partial charge in [-0.05, 0) is 29.7 Å². The van der Waals surface area contributed by atoms with Gasteiger partial charge in [-0.1, -0.05) is 42.5 Å². The predicted octanol–water partition coefficient (Wildman–Crippen LogP) is 3.85. The van der Waals surface area contributed by atoms with Gasteiger partial charge in [-0.3, -0.25) is 4.68 Å². The number of hydrogen-bond donors (Lipinski definition) is 1. The highest BCUT2D eigenvalue weighted by atomic mass is 16.2. The highest BCUT2D eigenvalue weighted by Crippen LogP contribution is 2.37. The van der Waals surface area contributed by atoms with Gasteiger partial charge in [0, 0.05) is 55.9 Å². The summed E-state index contributed by atoms with van der Waals surface area (Å²) in [6.45, 7) is 2.08. The molecule has 1 fully saturated rings. The second-order valence-corrected chi connectivity index (χ2v) is 9.58. The smallest absolute Gasteiger partial charge is 0.319 e. The Bertz CT molecular complexity index is 1570. The summed E-state index contributed by atoms with van der Waals surface area (Å²) in [4.78, 5) is 20.3. The Labute approximate surface area is 208 Å². The van der Waals surface area contributed by atoms with E-state index in [2.05, 4.69) is 52.7 Å². The van der Waals surface area contributed by atoms with Crippen LogP contribution in [0, 0.1) is 0 Å². The molecule has 1 aliphatic heterocycles. The molecule has 182 valence electrons. The number of likely N-dealkylation sites (tertiary alicyclic amines) is 1. The van der Waals surface area contributed by atoms with Crippen molar-refractivity contribution in [2.75, 3.05) is 32.9 Å². The molecule has 0 saturated carbocycles. The van der Waals surface area contributed by atoms with Crippen molar-refractivity contribution in [1.82, 2.24) is 34.2 Å². The molecule has 1 aliphatic rings. The largest absolute Gasteiger partial charge is 0.382 e. The van der Waals surface area contributed by atoms with Crippen LogP contribution in [0.25, 0.3) is 27.5 Å². The molecule has 2 amide bonds. The van der Waals surface area contributed by atoms with Gasteiger partial charge in [0.15, 0.2) is 5.82 Å². The molecule has 9 nitrogen and oxygen atoms in total. The maximum Gasteiger partial charge on any atom is 0.319 e. The maximum atomic E-state index is 12.5. The van der Waals surface area contributed by atoms with Crippen molar-refractivity contribution in [3.05, 3.63) is 78.4 Å². The summed E-state index contributed by atoms with van der Waals surface area (Å²) in [6, 6.07) is 18.8. The summed E-state index contributed by atoms with van der Waals surface area (Å²) in [5.41, 5.74) is 12.3. The third-order valence-corrected chi connectivity index (χ3v) is 6.92. The van der Waals surface area contributed by atoms with Crippen LogP contribution in [-0.4, -0.2) is 67.4 Å². The molecule has 6 rings (SSSR count). The Morgan fingerprint density at radius 1 is 1.14 bits per heavy atom. The number of nitrogen functional groups attached to an aromatic ring is 1. The first kappa shape index (κ1) is 22.1. The summed E-state index contributed by atoms with van der Waals surface area (Å²) >= 11 is 0. The van der Waals surface area contributed by atoms with Gasteiger partial charge in [0.05, 0.1) is 12.1 Å². The lowest BCUT2D eigenvalue weighted by atomic mass is 10.0. The van der Waals surface area contributed by atoms with Gasteiger partial charge in [0.25, 0.3) is 0 Å². The number of hydrogen-bond acceptors (Lipinski definition) is 5. The Hall–Kier alpha value is -4.40. The van der Waals surface area contributed by atoms with Gasteiger partial charge in [0.1, 0.15) is 11.8 Å². The van der Waals surface area contributed by atoms with Crippen molar-refractivity contribution in [2.45, 2.75) is 18.9 Å². The molecule has 0 aliphatic carbocycles. The molecule has 1 saturated heterocycles. The first-order chi connectivity index (χ1) is 17.5. The Balaban J connectivity index is 1.38. The van der Waals surface area contributed by atoms with Crippen LogP contribution in [0.1, 0.15) is 23.6 Å². The van der Waals surface area contributed by atoms with Gasteiger partial charge in [-0.15, -0.1) is 0 Å². The minimum absolute atomic E-state index is 0.0317. The van der Waals surface area contributed by atoms with E-state index in [9.17, 15) is 4.79 Å². The maximum absolute atomic E-state index is 12.5. The third-order valence-electron chi connectivity index (χ3n) is 6.92. The predicted molar refractivity (Wildman–Crippen MR) is 140 cm³/mol. The quantitative estimate of drug-likeness (QED) is 0.421. The molecule has 36 heavy (non-hydrogen) atoms. The molecular weight excluding hydrogens is 452 g/mol. The summed E-state index contributed by atoms with van der Waals surface area (Å²) in [5.74, 6) is 0.596. The second-order valence-electron chi connectivity index (χ2n) is 9.58. The van der Waals surface area contributed by atoms with Crippen molar-refractivity contribution in [1.29, 1.82) is 0 Å². The fraction of sp³-hybridized carbons (Fsp3) is 0.259. The lowest BCUT2D eigenvalue weighted by molar-refractivity contribution is 0.181. The van der Waals surface area contributed by atoms with Crippen LogP contribution in [0.2, 0.25) is 0 Å². The lowest BCUT2D eigenvalue weighted by Gasteiger charge is -2.21. The van der Waals surface area contributed by atoms with Gasteiger partial charge >= 0.3 is 6.03 Å². The van der Waals surface area contributed by atoms with E-state index in [0.29, 0.717) is 12.4 Å². The number of anilines is 1. The molecule has 0 bridgehead atoms. The van der Waals surface area contributed by atoms with E-state index in [0.717, 1.165) is 52.8 Å². The van der Waals surface area contributed by atoms with Crippen LogP contribution in [0.5, 0.6) is 0 Å². The topological polar surface area (TPSA) is 97.6 Å². The number of urea groups is 1. The monoisotopic (exact) mass is 480 g/mol. The van der Waals surface area contributed by atoms with Crippen molar-refractivity contribution in [3.8, 4) is 11.1 Å². The van der Waals surface area contributed by atoms with Gasteiger partial charge in [-0.2, -0.15) is 10.2 Å². The van der Waals surface area contributed by atoms with Crippen LogP contribution >= 0.6 is 0 Å². The summed E-state index contributed by atoms with van der Waals surface area (Å²) in [7, 11) is 3.57. The second kappa shape index (κ2) is 8.67. The summed E-state index contributed by atoms with van der Waals surface area (Å²) < 4.78 is 3.86. The summed E-state index contributed by atoms with van der Waals surface area (Å²) in [5, 5.41) is 10.4. The van der Waals surface area contributed by atoms with Crippen LogP contribution in [0.4, 0.5) is 10.6 Å². The van der Waals surface area contributed by atoms with Gasteiger partial charge in [-0.25, -0.2) is 14.3 Å². The average Bonchev–Trinajstić information content (AvgIpc) is 3.60. The minimum atomic E-state index is 0.0317. The number of benzene rings is 2. The number of rotatable bonds is 4. The number of carbonyl (C=O) groups excluding carboxylic acids is 1. The number of carbonyl (C=O) groups is 1. The van der Waals surface area contributed by atoms with Gasteiger partial charge < -0.3 is 15.5 Å². The molecule has 4 heterocycles. The zero-order valence-electron chi connectivity index (χ0n) is 20.4. The highest BCUT2D eigenvalue weighted by Gasteiger charge is 2.31. The fourth-order valence-corrected chi connectivity index (χ4v) is 5.15. The van der Waals surface area contributed by atoms with E-state index in [4.69, 9.17) is 10.8 Å². The highest BCUT2D eigenvalue weighted by molar-refractivity contribution is 5.92.